The van der Waals surface area contributed by atoms with Crippen molar-refractivity contribution in [2.45, 2.75) is 6.10 Å². The maximum Gasteiger partial charge on any atom is 0.157 e. The summed E-state index contributed by atoms with van der Waals surface area (Å²) in [4.78, 5) is 0. The molecule has 23 heavy (non-hydrogen) atoms. The minimum Gasteiger partial charge on any atom is -0.504 e. The van der Waals surface area contributed by atoms with E-state index in [-0.39, 0.29) is 11.5 Å². The number of aliphatic hydroxyl groups is 1. The fraction of sp³-hybridized carbons (Fsp3) is 0.294. The largest absolute Gasteiger partial charge is 0.504 e. The van der Waals surface area contributed by atoms with Crippen molar-refractivity contribution in [1.82, 2.24) is 5.01 Å². The Bertz CT molecular complexity index is 646. The summed E-state index contributed by atoms with van der Waals surface area (Å²) in [5.74, 6) is 0.335. The van der Waals surface area contributed by atoms with Gasteiger partial charge in [0.05, 0.1) is 18.9 Å². The fourth-order valence-electron chi connectivity index (χ4n) is 2.22. The Kier molecular flexibility index (Phi) is 5.31. The van der Waals surface area contributed by atoms with Crippen molar-refractivity contribution in [2.75, 3.05) is 32.8 Å². The van der Waals surface area contributed by atoms with Crippen LogP contribution >= 0.6 is 0 Å². The first-order valence-corrected chi connectivity index (χ1v) is 7.21. The van der Waals surface area contributed by atoms with Crippen molar-refractivity contribution in [3.63, 3.8) is 0 Å². The number of ether oxygens (including phenoxy) is 1. The summed E-state index contributed by atoms with van der Waals surface area (Å²) in [7, 11) is 5.37. The van der Waals surface area contributed by atoms with Crippen molar-refractivity contribution in [2.24, 2.45) is 0 Å². The zero-order valence-electron chi connectivity index (χ0n) is 13.5. The summed E-state index contributed by atoms with van der Waals surface area (Å²) >= 11 is 0. The average molecular weight is 318 g/mol. The lowest BCUT2D eigenvalue weighted by Gasteiger charge is -2.32. The molecule has 3 N–H and O–H groups in total. The van der Waals surface area contributed by atoms with E-state index in [1.165, 1.54) is 12.1 Å². The number of hydrogen-bond acceptors (Lipinski definition) is 6. The van der Waals surface area contributed by atoms with Crippen LogP contribution in [0.25, 0.3) is 0 Å². The molecule has 0 aromatic heterocycles. The zero-order chi connectivity index (χ0) is 17.0. The SMILES string of the molecule is COc1ccc(N(C)N(C)CC(O)c2ccc(O)c(O)c2)cc1. The second-order valence-electron chi connectivity index (χ2n) is 5.33. The number of nitrogens with zero attached hydrogens (tertiary/aromatic N) is 2. The highest BCUT2D eigenvalue weighted by atomic mass is 16.5. The van der Waals surface area contributed by atoms with Gasteiger partial charge in [-0.2, -0.15) is 0 Å². The van der Waals surface area contributed by atoms with E-state index >= 15 is 0 Å². The molecule has 1 atom stereocenters. The van der Waals surface area contributed by atoms with Crippen molar-refractivity contribution < 1.29 is 20.1 Å². The Hall–Kier alpha value is -2.44. The number of benzene rings is 2. The van der Waals surface area contributed by atoms with Crippen molar-refractivity contribution >= 4 is 5.69 Å². The van der Waals surface area contributed by atoms with Gasteiger partial charge in [-0.1, -0.05) is 6.07 Å². The third-order valence-corrected chi connectivity index (χ3v) is 3.78. The number of likely N-dealkylation sites (N-methyl/N-ethyl adjacent to an activating group) is 1. The third-order valence-electron chi connectivity index (χ3n) is 3.78. The molecule has 0 heterocycles. The van der Waals surface area contributed by atoms with Crippen molar-refractivity contribution in [1.29, 1.82) is 0 Å². The normalized spacial score (nSPS) is 12.2. The fourth-order valence-corrected chi connectivity index (χ4v) is 2.22. The first-order chi connectivity index (χ1) is 10.9. The first-order valence-electron chi connectivity index (χ1n) is 7.21. The number of aromatic hydroxyl groups is 2. The highest BCUT2D eigenvalue weighted by molar-refractivity contribution is 5.47. The predicted molar refractivity (Wildman–Crippen MR) is 88.8 cm³/mol. The average Bonchev–Trinajstić information content (AvgIpc) is 2.56. The summed E-state index contributed by atoms with van der Waals surface area (Å²) in [6, 6.07) is 11.9. The minimum absolute atomic E-state index is 0.204. The van der Waals surface area contributed by atoms with E-state index in [2.05, 4.69) is 0 Å². The van der Waals surface area contributed by atoms with Gasteiger partial charge in [0.15, 0.2) is 11.5 Å². The Morgan fingerprint density at radius 3 is 2.22 bits per heavy atom. The monoisotopic (exact) mass is 318 g/mol. The molecule has 124 valence electrons. The topological polar surface area (TPSA) is 76.4 Å². The predicted octanol–water partition coefficient (Wildman–Crippen LogP) is 2.12. The van der Waals surface area contributed by atoms with Crippen LogP contribution in [0.15, 0.2) is 42.5 Å². The van der Waals surface area contributed by atoms with Gasteiger partial charge in [-0.05, 0) is 42.0 Å². The number of phenols is 2. The summed E-state index contributed by atoms with van der Waals surface area (Å²) in [6.45, 7) is 0.326. The Labute approximate surface area is 135 Å². The molecule has 0 aliphatic heterocycles. The maximum atomic E-state index is 10.3. The molecule has 0 amide bonds. The van der Waals surface area contributed by atoms with E-state index in [0.29, 0.717) is 12.1 Å². The number of hydrazine groups is 1. The van der Waals surface area contributed by atoms with E-state index in [4.69, 9.17) is 4.74 Å². The zero-order valence-corrected chi connectivity index (χ0v) is 13.5. The molecule has 2 aromatic rings. The summed E-state index contributed by atoms with van der Waals surface area (Å²) in [6.07, 6.45) is -0.799. The molecule has 2 aromatic carbocycles. The van der Waals surface area contributed by atoms with Crippen LogP contribution in [0.2, 0.25) is 0 Å². The summed E-state index contributed by atoms with van der Waals surface area (Å²) in [5, 5.41) is 32.9. The van der Waals surface area contributed by atoms with Gasteiger partial charge in [0.1, 0.15) is 5.75 Å². The highest BCUT2D eigenvalue weighted by Crippen LogP contribution is 2.28. The second-order valence-corrected chi connectivity index (χ2v) is 5.33. The number of aliphatic hydroxyl groups excluding tert-OH is 1. The van der Waals surface area contributed by atoms with E-state index in [1.807, 2.05) is 48.4 Å². The van der Waals surface area contributed by atoms with Gasteiger partial charge in [-0.15, -0.1) is 0 Å². The van der Waals surface area contributed by atoms with Crippen LogP contribution in [0, 0.1) is 0 Å². The van der Waals surface area contributed by atoms with Crippen LogP contribution in [0.1, 0.15) is 11.7 Å². The van der Waals surface area contributed by atoms with Crippen LogP contribution in [-0.2, 0) is 0 Å². The van der Waals surface area contributed by atoms with Gasteiger partial charge in [-0.25, -0.2) is 5.01 Å². The van der Waals surface area contributed by atoms with Crippen LogP contribution in [-0.4, -0.2) is 48.1 Å². The quantitative estimate of drug-likeness (QED) is 0.559. The summed E-state index contributed by atoms with van der Waals surface area (Å²) in [5.41, 5.74) is 1.49. The molecule has 0 bridgehead atoms. The lowest BCUT2D eigenvalue weighted by molar-refractivity contribution is 0.123. The third kappa shape index (κ3) is 4.06. The van der Waals surface area contributed by atoms with E-state index in [9.17, 15) is 15.3 Å². The molecule has 0 radical (unpaired) electrons. The minimum atomic E-state index is -0.799. The molecule has 0 spiro atoms. The van der Waals surface area contributed by atoms with E-state index in [1.54, 1.807) is 13.2 Å². The molecule has 0 fully saturated rings. The first kappa shape index (κ1) is 16.9. The standard InChI is InChI=1S/C17H22N2O4/c1-18(19(2)13-5-7-14(23-3)8-6-13)11-17(22)12-4-9-15(20)16(21)10-12/h4-10,17,20-22H,11H2,1-3H3. The molecule has 6 heteroatoms. The van der Waals surface area contributed by atoms with Crippen LogP contribution in [0.3, 0.4) is 0 Å². The van der Waals surface area contributed by atoms with Crippen molar-refractivity contribution in [3.8, 4) is 17.2 Å². The molecule has 0 aliphatic rings. The summed E-state index contributed by atoms with van der Waals surface area (Å²) < 4.78 is 5.14. The van der Waals surface area contributed by atoms with Crippen LogP contribution in [0.4, 0.5) is 5.69 Å². The molecular weight excluding hydrogens is 296 g/mol. The smallest absolute Gasteiger partial charge is 0.157 e. The lowest BCUT2D eigenvalue weighted by atomic mass is 10.1. The molecule has 2 rings (SSSR count). The Morgan fingerprint density at radius 2 is 1.65 bits per heavy atom. The van der Waals surface area contributed by atoms with E-state index in [0.717, 1.165) is 11.4 Å². The van der Waals surface area contributed by atoms with Gasteiger partial charge in [0.25, 0.3) is 0 Å². The number of methoxy groups -OCH3 is 1. The lowest BCUT2D eigenvalue weighted by Crippen LogP contribution is -2.39. The van der Waals surface area contributed by atoms with Gasteiger partial charge >= 0.3 is 0 Å². The molecule has 6 nitrogen and oxygen atoms in total. The number of phenolic OH excluding ortho intramolecular Hbond substituents is 2. The number of hydrogen-bond donors (Lipinski definition) is 3. The maximum absolute atomic E-state index is 10.3. The van der Waals surface area contributed by atoms with Crippen LogP contribution < -0.4 is 9.75 Å². The van der Waals surface area contributed by atoms with Gasteiger partial charge in [-0.3, -0.25) is 0 Å². The number of anilines is 1. The van der Waals surface area contributed by atoms with Gasteiger partial charge in [0.2, 0.25) is 0 Å². The number of rotatable bonds is 6. The molecule has 0 aliphatic carbocycles. The molecule has 0 saturated heterocycles. The second kappa shape index (κ2) is 7.21. The highest BCUT2D eigenvalue weighted by Gasteiger charge is 2.15. The van der Waals surface area contributed by atoms with Crippen molar-refractivity contribution in [3.05, 3.63) is 48.0 Å². The molecule has 1 unspecified atom stereocenters. The molecular formula is C17H22N2O4. The van der Waals surface area contributed by atoms with Gasteiger partial charge in [0, 0.05) is 20.6 Å². The van der Waals surface area contributed by atoms with Gasteiger partial charge < -0.3 is 25.1 Å². The van der Waals surface area contributed by atoms with E-state index < -0.39 is 6.10 Å². The Balaban J connectivity index is 2.04. The Morgan fingerprint density at radius 1 is 1.00 bits per heavy atom. The van der Waals surface area contributed by atoms with Crippen LogP contribution in [0.5, 0.6) is 17.2 Å². The molecule has 0 saturated carbocycles.